The summed E-state index contributed by atoms with van der Waals surface area (Å²) in [5.41, 5.74) is 0.563. The minimum absolute atomic E-state index is 0.0650. The van der Waals surface area contributed by atoms with Crippen LogP contribution in [0, 0.1) is 0 Å². The first kappa shape index (κ1) is 15.4. The Morgan fingerprint density at radius 3 is 3.05 bits per heavy atom. The van der Waals surface area contributed by atoms with Crippen molar-refractivity contribution in [1.82, 2.24) is 14.8 Å². The average molecular weight is 297 g/mol. The molecule has 0 unspecified atom stereocenters. The van der Waals surface area contributed by atoms with Crippen molar-refractivity contribution in [2.75, 3.05) is 34.3 Å². The van der Waals surface area contributed by atoms with Crippen molar-refractivity contribution in [3.63, 3.8) is 0 Å². The summed E-state index contributed by atoms with van der Waals surface area (Å²) in [7, 11) is 5.74. The number of thiazole rings is 1. The SMILES string of the molecule is COCc1nc(C(=O)N2CCCC[C@@H]2CN(C)C)cs1. The first-order chi connectivity index (χ1) is 9.61. The van der Waals surface area contributed by atoms with Gasteiger partial charge in [0, 0.05) is 31.6 Å². The van der Waals surface area contributed by atoms with Gasteiger partial charge in [-0.05, 0) is 33.4 Å². The van der Waals surface area contributed by atoms with E-state index in [-0.39, 0.29) is 5.91 Å². The Morgan fingerprint density at radius 2 is 2.35 bits per heavy atom. The Hall–Kier alpha value is -0.980. The van der Waals surface area contributed by atoms with Crippen LogP contribution in [0.1, 0.15) is 34.8 Å². The van der Waals surface area contributed by atoms with Crippen LogP contribution >= 0.6 is 11.3 Å². The highest BCUT2D eigenvalue weighted by atomic mass is 32.1. The van der Waals surface area contributed by atoms with Crippen LogP contribution in [-0.4, -0.2) is 61.0 Å². The van der Waals surface area contributed by atoms with Crippen LogP contribution < -0.4 is 0 Å². The predicted molar refractivity (Wildman–Crippen MR) is 80.1 cm³/mol. The van der Waals surface area contributed by atoms with Crippen LogP contribution in [0.25, 0.3) is 0 Å². The van der Waals surface area contributed by atoms with E-state index in [4.69, 9.17) is 4.74 Å². The Balaban J connectivity index is 2.07. The number of methoxy groups -OCH3 is 1. The maximum atomic E-state index is 12.6. The van der Waals surface area contributed by atoms with Crippen LogP contribution in [-0.2, 0) is 11.3 Å². The van der Waals surface area contributed by atoms with Gasteiger partial charge in [-0.3, -0.25) is 4.79 Å². The number of rotatable bonds is 5. The average Bonchev–Trinajstić information content (AvgIpc) is 2.87. The fourth-order valence-corrected chi connectivity index (χ4v) is 3.36. The Morgan fingerprint density at radius 1 is 1.55 bits per heavy atom. The summed E-state index contributed by atoms with van der Waals surface area (Å²) in [6, 6.07) is 0.304. The molecule has 0 spiro atoms. The van der Waals surface area contributed by atoms with Gasteiger partial charge in [-0.2, -0.15) is 0 Å². The Labute approximate surface area is 124 Å². The van der Waals surface area contributed by atoms with Gasteiger partial charge >= 0.3 is 0 Å². The summed E-state index contributed by atoms with van der Waals surface area (Å²) in [6.45, 7) is 2.23. The van der Waals surface area contributed by atoms with Crippen molar-refractivity contribution in [3.05, 3.63) is 16.1 Å². The normalized spacial score (nSPS) is 19.6. The van der Waals surface area contributed by atoms with Gasteiger partial charge in [0.05, 0.1) is 6.61 Å². The van der Waals surface area contributed by atoms with Gasteiger partial charge in [0.2, 0.25) is 0 Å². The van der Waals surface area contributed by atoms with E-state index in [1.165, 1.54) is 17.8 Å². The quantitative estimate of drug-likeness (QED) is 0.832. The maximum Gasteiger partial charge on any atom is 0.273 e. The lowest BCUT2D eigenvalue weighted by atomic mass is 10.0. The highest BCUT2D eigenvalue weighted by molar-refractivity contribution is 7.09. The molecule has 1 saturated heterocycles. The molecule has 20 heavy (non-hydrogen) atoms. The zero-order valence-electron chi connectivity index (χ0n) is 12.5. The third kappa shape index (κ3) is 3.77. The second-order valence-corrected chi connectivity index (χ2v) is 6.41. The molecule has 1 aromatic heterocycles. The molecule has 1 amide bonds. The third-order valence-corrected chi connectivity index (χ3v) is 4.32. The van der Waals surface area contributed by atoms with Crippen LogP contribution in [0.4, 0.5) is 0 Å². The van der Waals surface area contributed by atoms with Crippen molar-refractivity contribution >= 4 is 17.2 Å². The second kappa shape index (κ2) is 7.15. The fraction of sp³-hybridized carbons (Fsp3) is 0.714. The van der Waals surface area contributed by atoms with Crippen molar-refractivity contribution in [1.29, 1.82) is 0 Å². The third-order valence-electron chi connectivity index (χ3n) is 3.50. The molecule has 5 nitrogen and oxygen atoms in total. The molecule has 0 saturated carbocycles. The predicted octanol–water partition coefficient (Wildman–Crippen LogP) is 1.85. The fourth-order valence-electron chi connectivity index (χ4n) is 2.63. The molecule has 1 atom stereocenters. The molecule has 2 heterocycles. The van der Waals surface area contributed by atoms with Gasteiger partial charge in [0.1, 0.15) is 10.7 Å². The number of hydrogen-bond donors (Lipinski definition) is 0. The van der Waals surface area contributed by atoms with Crippen molar-refractivity contribution in [2.45, 2.75) is 31.9 Å². The lowest BCUT2D eigenvalue weighted by Crippen LogP contribution is -2.48. The number of nitrogens with zero attached hydrogens (tertiary/aromatic N) is 3. The molecule has 1 aliphatic heterocycles. The van der Waals surface area contributed by atoms with Crippen LogP contribution in [0.3, 0.4) is 0 Å². The van der Waals surface area contributed by atoms with Crippen LogP contribution in [0.2, 0.25) is 0 Å². The molecule has 112 valence electrons. The van der Waals surface area contributed by atoms with E-state index < -0.39 is 0 Å². The molecular weight excluding hydrogens is 274 g/mol. The largest absolute Gasteiger partial charge is 0.378 e. The molecule has 1 aliphatic rings. The van der Waals surface area contributed by atoms with Gasteiger partial charge in [0.25, 0.3) is 5.91 Å². The zero-order chi connectivity index (χ0) is 14.5. The monoisotopic (exact) mass is 297 g/mol. The lowest BCUT2D eigenvalue weighted by Gasteiger charge is -2.36. The summed E-state index contributed by atoms with van der Waals surface area (Å²) >= 11 is 1.49. The van der Waals surface area contributed by atoms with Crippen LogP contribution in [0.15, 0.2) is 5.38 Å². The number of likely N-dealkylation sites (N-methyl/N-ethyl adjacent to an activating group) is 1. The van der Waals surface area contributed by atoms with E-state index in [0.29, 0.717) is 18.3 Å². The van der Waals surface area contributed by atoms with Crippen molar-refractivity contribution in [2.24, 2.45) is 0 Å². The molecule has 2 rings (SSSR count). The van der Waals surface area contributed by atoms with E-state index in [0.717, 1.165) is 30.9 Å². The number of hydrogen-bond acceptors (Lipinski definition) is 5. The van der Waals surface area contributed by atoms with E-state index >= 15 is 0 Å². The van der Waals surface area contributed by atoms with Gasteiger partial charge in [-0.1, -0.05) is 0 Å². The number of carbonyl (C=O) groups is 1. The first-order valence-corrected chi connectivity index (χ1v) is 7.89. The Bertz CT molecular complexity index is 447. The maximum absolute atomic E-state index is 12.6. The number of aromatic nitrogens is 1. The van der Waals surface area contributed by atoms with E-state index in [2.05, 4.69) is 24.0 Å². The molecule has 0 N–H and O–H groups in total. The number of piperidine rings is 1. The van der Waals surface area contributed by atoms with Gasteiger partial charge < -0.3 is 14.5 Å². The van der Waals surface area contributed by atoms with Crippen molar-refractivity contribution in [3.8, 4) is 0 Å². The molecule has 1 fully saturated rings. The molecule has 0 radical (unpaired) electrons. The minimum Gasteiger partial charge on any atom is -0.378 e. The van der Waals surface area contributed by atoms with Gasteiger partial charge in [-0.15, -0.1) is 11.3 Å². The van der Waals surface area contributed by atoms with E-state index in [1.807, 2.05) is 10.3 Å². The van der Waals surface area contributed by atoms with E-state index in [9.17, 15) is 4.79 Å². The summed E-state index contributed by atoms with van der Waals surface area (Å²) in [6.07, 6.45) is 3.37. The van der Waals surface area contributed by atoms with Crippen LogP contribution in [0.5, 0.6) is 0 Å². The van der Waals surface area contributed by atoms with Gasteiger partial charge in [0.15, 0.2) is 0 Å². The zero-order valence-corrected chi connectivity index (χ0v) is 13.3. The smallest absolute Gasteiger partial charge is 0.273 e. The number of amides is 1. The molecule has 0 bridgehead atoms. The number of likely N-dealkylation sites (tertiary alicyclic amines) is 1. The highest BCUT2D eigenvalue weighted by Gasteiger charge is 2.29. The summed E-state index contributed by atoms with van der Waals surface area (Å²) in [5, 5.41) is 2.70. The first-order valence-electron chi connectivity index (χ1n) is 7.01. The summed E-state index contributed by atoms with van der Waals surface area (Å²) in [5.74, 6) is 0.0650. The minimum atomic E-state index is 0.0650. The highest BCUT2D eigenvalue weighted by Crippen LogP contribution is 2.21. The van der Waals surface area contributed by atoms with Crippen molar-refractivity contribution < 1.29 is 9.53 Å². The standard InChI is InChI=1S/C14H23N3O2S/c1-16(2)8-11-6-4-5-7-17(11)14(18)12-10-20-13(15-12)9-19-3/h10-11H,4-9H2,1-3H3/t11-/m1/s1. The van der Waals surface area contributed by atoms with Gasteiger partial charge in [-0.25, -0.2) is 4.98 Å². The molecule has 6 heteroatoms. The number of ether oxygens (including phenoxy) is 1. The summed E-state index contributed by atoms with van der Waals surface area (Å²) in [4.78, 5) is 21.1. The Kier molecular flexibility index (Phi) is 5.51. The topological polar surface area (TPSA) is 45.7 Å². The summed E-state index contributed by atoms with van der Waals surface area (Å²) < 4.78 is 5.06. The molecule has 0 aliphatic carbocycles. The molecule has 1 aromatic rings. The second-order valence-electron chi connectivity index (χ2n) is 5.47. The molecule has 0 aromatic carbocycles. The molecular formula is C14H23N3O2S. The lowest BCUT2D eigenvalue weighted by molar-refractivity contribution is 0.0569. The van der Waals surface area contributed by atoms with E-state index in [1.54, 1.807) is 7.11 Å². The number of carbonyl (C=O) groups excluding carboxylic acids is 1.